The largest absolute Gasteiger partial charge is 0.497 e. The Labute approximate surface area is 161 Å². The van der Waals surface area contributed by atoms with Crippen molar-refractivity contribution in [1.29, 1.82) is 0 Å². The second-order valence-electron chi connectivity index (χ2n) is 6.77. The number of piperidine rings is 1. The van der Waals surface area contributed by atoms with Gasteiger partial charge in [0.2, 0.25) is 5.91 Å². The van der Waals surface area contributed by atoms with Gasteiger partial charge in [-0.25, -0.2) is 0 Å². The van der Waals surface area contributed by atoms with Crippen molar-refractivity contribution in [1.82, 2.24) is 9.80 Å². The van der Waals surface area contributed by atoms with Gasteiger partial charge in [0.15, 0.2) is 0 Å². The number of methoxy groups -OCH3 is 3. The lowest BCUT2D eigenvalue weighted by Crippen LogP contribution is -2.43. The second-order valence-corrected chi connectivity index (χ2v) is 6.77. The predicted molar refractivity (Wildman–Crippen MR) is 102 cm³/mol. The number of hydrogen-bond acceptors (Lipinski definition) is 5. The van der Waals surface area contributed by atoms with Crippen molar-refractivity contribution in [2.24, 2.45) is 5.92 Å². The Kier molecular flexibility index (Phi) is 7.91. The Bertz CT molecular complexity index is 619. The molecule has 0 aromatic heterocycles. The van der Waals surface area contributed by atoms with E-state index in [2.05, 4.69) is 0 Å². The summed E-state index contributed by atoms with van der Waals surface area (Å²) >= 11 is 0. The summed E-state index contributed by atoms with van der Waals surface area (Å²) in [7, 11) is 6.61. The molecule has 1 aliphatic rings. The van der Waals surface area contributed by atoms with Crippen molar-refractivity contribution in [2.45, 2.75) is 19.3 Å². The first-order valence-electron chi connectivity index (χ1n) is 9.26. The quantitative estimate of drug-likeness (QED) is 0.648. The molecule has 0 atom stereocenters. The fourth-order valence-corrected chi connectivity index (χ4v) is 3.31. The summed E-state index contributed by atoms with van der Waals surface area (Å²) in [5.41, 5.74) is 0.535. The molecule has 7 nitrogen and oxygen atoms in total. The van der Waals surface area contributed by atoms with E-state index in [1.54, 1.807) is 49.3 Å². The standard InChI is InChI=1S/C20H30N2O5/c1-21(8-5-11-25-2)19(23)15-6-9-22(10-7-15)20(24)16-12-17(26-3)14-18(13-16)27-4/h12-15H,5-11H2,1-4H3. The molecule has 1 fully saturated rings. The van der Waals surface area contributed by atoms with Crippen molar-refractivity contribution in [3.8, 4) is 11.5 Å². The van der Waals surface area contributed by atoms with Crippen LogP contribution in [0.3, 0.4) is 0 Å². The molecule has 0 saturated carbocycles. The maximum absolute atomic E-state index is 12.8. The van der Waals surface area contributed by atoms with Crippen LogP contribution in [-0.4, -0.2) is 76.2 Å². The van der Waals surface area contributed by atoms with Crippen LogP contribution in [0.5, 0.6) is 11.5 Å². The van der Waals surface area contributed by atoms with Gasteiger partial charge >= 0.3 is 0 Å². The van der Waals surface area contributed by atoms with Crippen LogP contribution in [0.2, 0.25) is 0 Å². The first-order valence-corrected chi connectivity index (χ1v) is 9.26. The van der Waals surface area contributed by atoms with E-state index < -0.39 is 0 Å². The van der Waals surface area contributed by atoms with Gasteiger partial charge in [0.05, 0.1) is 14.2 Å². The monoisotopic (exact) mass is 378 g/mol. The van der Waals surface area contributed by atoms with Gasteiger partial charge in [-0.3, -0.25) is 9.59 Å². The molecule has 0 bridgehead atoms. The van der Waals surface area contributed by atoms with Gasteiger partial charge in [0.1, 0.15) is 11.5 Å². The van der Waals surface area contributed by atoms with E-state index in [0.717, 1.165) is 6.42 Å². The summed E-state index contributed by atoms with van der Waals surface area (Å²) in [6.45, 7) is 2.48. The molecule has 0 unspecified atom stereocenters. The van der Waals surface area contributed by atoms with Gasteiger partial charge in [-0.15, -0.1) is 0 Å². The molecule has 150 valence electrons. The fraction of sp³-hybridized carbons (Fsp3) is 0.600. The summed E-state index contributed by atoms with van der Waals surface area (Å²) in [6, 6.07) is 5.17. The molecule has 1 aromatic carbocycles. The minimum Gasteiger partial charge on any atom is -0.497 e. The van der Waals surface area contributed by atoms with Gasteiger partial charge < -0.3 is 24.0 Å². The third-order valence-electron chi connectivity index (χ3n) is 4.95. The van der Waals surface area contributed by atoms with Crippen LogP contribution in [0, 0.1) is 5.92 Å². The Morgan fingerprint density at radius 2 is 1.67 bits per heavy atom. The topological polar surface area (TPSA) is 68.3 Å². The molecule has 0 aliphatic carbocycles. The lowest BCUT2D eigenvalue weighted by atomic mass is 9.94. The van der Waals surface area contributed by atoms with Gasteiger partial charge in [-0.2, -0.15) is 0 Å². The van der Waals surface area contributed by atoms with E-state index in [4.69, 9.17) is 14.2 Å². The number of nitrogens with zero attached hydrogens (tertiary/aromatic N) is 2. The number of likely N-dealkylation sites (tertiary alicyclic amines) is 1. The van der Waals surface area contributed by atoms with Crippen LogP contribution in [0.15, 0.2) is 18.2 Å². The van der Waals surface area contributed by atoms with Crippen LogP contribution in [0.4, 0.5) is 0 Å². The summed E-state index contributed by atoms with van der Waals surface area (Å²) in [6.07, 6.45) is 2.19. The SMILES string of the molecule is COCCCN(C)C(=O)C1CCN(C(=O)c2cc(OC)cc(OC)c2)CC1. The van der Waals surface area contributed by atoms with Crippen molar-refractivity contribution < 1.29 is 23.8 Å². The molecule has 0 radical (unpaired) electrons. The molecule has 1 aromatic rings. The number of benzene rings is 1. The molecular weight excluding hydrogens is 348 g/mol. The summed E-state index contributed by atoms with van der Waals surface area (Å²) in [5, 5.41) is 0. The van der Waals surface area contributed by atoms with Gasteiger partial charge in [0, 0.05) is 57.9 Å². The van der Waals surface area contributed by atoms with Gasteiger partial charge in [-0.05, 0) is 31.4 Å². The molecule has 1 aliphatic heterocycles. The predicted octanol–water partition coefficient (Wildman–Crippen LogP) is 2.05. The van der Waals surface area contributed by atoms with Crippen LogP contribution >= 0.6 is 0 Å². The molecule has 2 amide bonds. The maximum atomic E-state index is 12.8. The lowest BCUT2D eigenvalue weighted by molar-refractivity contribution is -0.135. The smallest absolute Gasteiger partial charge is 0.254 e. The Morgan fingerprint density at radius 3 is 2.19 bits per heavy atom. The Balaban J connectivity index is 1.93. The van der Waals surface area contributed by atoms with E-state index in [1.807, 2.05) is 7.05 Å². The molecular formula is C20H30N2O5. The number of carbonyl (C=O) groups excluding carboxylic acids is 2. The van der Waals surface area contributed by atoms with Crippen molar-refractivity contribution >= 4 is 11.8 Å². The lowest BCUT2D eigenvalue weighted by Gasteiger charge is -2.33. The first kappa shape index (κ1) is 21.0. The van der Waals surface area contributed by atoms with Crippen molar-refractivity contribution in [2.75, 3.05) is 54.6 Å². The zero-order chi connectivity index (χ0) is 19.8. The third-order valence-corrected chi connectivity index (χ3v) is 4.95. The van der Waals surface area contributed by atoms with Crippen molar-refractivity contribution in [3.63, 3.8) is 0 Å². The highest BCUT2D eigenvalue weighted by atomic mass is 16.5. The number of carbonyl (C=O) groups is 2. The molecule has 0 spiro atoms. The Morgan fingerprint density at radius 1 is 1.07 bits per heavy atom. The molecule has 27 heavy (non-hydrogen) atoms. The number of rotatable bonds is 8. The second kappa shape index (κ2) is 10.2. The summed E-state index contributed by atoms with van der Waals surface area (Å²) in [5.74, 6) is 1.23. The Hall–Kier alpha value is -2.28. The van der Waals surface area contributed by atoms with Crippen LogP contribution in [0.1, 0.15) is 29.6 Å². The molecule has 2 rings (SSSR count). The zero-order valence-electron chi connectivity index (χ0n) is 16.7. The van der Waals surface area contributed by atoms with Gasteiger partial charge in [0.25, 0.3) is 5.91 Å². The maximum Gasteiger partial charge on any atom is 0.254 e. The van der Waals surface area contributed by atoms with E-state index in [-0.39, 0.29) is 17.7 Å². The van der Waals surface area contributed by atoms with E-state index in [0.29, 0.717) is 56.1 Å². The van der Waals surface area contributed by atoms with Crippen molar-refractivity contribution in [3.05, 3.63) is 23.8 Å². The fourth-order valence-electron chi connectivity index (χ4n) is 3.31. The third kappa shape index (κ3) is 5.60. The van der Waals surface area contributed by atoms with Crippen LogP contribution in [-0.2, 0) is 9.53 Å². The van der Waals surface area contributed by atoms with E-state index in [9.17, 15) is 9.59 Å². The molecule has 7 heteroatoms. The number of hydrogen-bond donors (Lipinski definition) is 0. The highest BCUT2D eigenvalue weighted by Crippen LogP contribution is 2.26. The summed E-state index contributed by atoms with van der Waals surface area (Å²) < 4.78 is 15.5. The highest BCUT2D eigenvalue weighted by molar-refractivity contribution is 5.95. The van der Waals surface area contributed by atoms with Crippen LogP contribution in [0.25, 0.3) is 0 Å². The summed E-state index contributed by atoms with van der Waals surface area (Å²) in [4.78, 5) is 28.9. The molecule has 1 saturated heterocycles. The van der Waals surface area contributed by atoms with Gasteiger partial charge in [-0.1, -0.05) is 0 Å². The average molecular weight is 378 g/mol. The minimum absolute atomic E-state index is 0.0264. The molecule has 1 heterocycles. The normalized spacial score (nSPS) is 14.7. The number of ether oxygens (including phenoxy) is 3. The van der Waals surface area contributed by atoms with E-state index >= 15 is 0 Å². The van der Waals surface area contributed by atoms with E-state index in [1.165, 1.54) is 0 Å². The zero-order valence-corrected chi connectivity index (χ0v) is 16.7. The minimum atomic E-state index is -0.0634. The van der Waals surface area contributed by atoms with Crippen LogP contribution < -0.4 is 9.47 Å². The number of amides is 2. The average Bonchev–Trinajstić information content (AvgIpc) is 2.72. The molecule has 0 N–H and O–H groups in total. The first-order chi connectivity index (χ1) is 13.0. The highest BCUT2D eigenvalue weighted by Gasteiger charge is 2.29.